The summed E-state index contributed by atoms with van der Waals surface area (Å²) in [5, 5.41) is 0. The van der Waals surface area contributed by atoms with E-state index in [-0.39, 0.29) is 11.8 Å². The highest BCUT2D eigenvalue weighted by atomic mass is 16.4. The Balaban J connectivity index is 1.39. The lowest BCUT2D eigenvalue weighted by Crippen LogP contribution is -2.44. The number of piperidine rings is 1. The van der Waals surface area contributed by atoms with E-state index in [0.29, 0.717) is 5.58 Å². The van der Waals surface area contributed by atoms with Crippen molar-refractivity contribution in [3.05, 3.63) is 34.8 Å². The second-order valence-electron chi connectivity index (χ2n) is 7.94. The summed E-state index contributed by atoms with van der Waals surface area (Å²) < 4.78 is 7.32. The zero-order valence-corrected chi connectivity index (χ0v) is 15.3. The Morgan fingerprint density at radius 2 is 1.72 bits per heavy atom. The molecule has 136 valence electrons. The highest BCUT2D eigenvalue weighted by Gasteiger charge is 2.30. The molecule has 0 atom stereocenters. The van der Waals surface area contributed by atoms with Gasteiger partial charge in [-0.2, -0.15) is 0 Å². The van der Waals surface area contributed by atoms with Crippen LogP contribution in [0.5, 0.6) is 0 Å². The van der Waals surface area contributed by atoms with Crippen molar-refractivity contribution in [2.24, 2.45) is 5.92 Å². The van der Waals surface area contributed by atoms with Gasteiger partial charge in [-0.25, -0.2) is 4.79 Å². The number of nitrogens with zero attached hydrogens (tertiary/aromatic N) is 2. The Kier molecular flexibility index (Phi) is 4.98. The number of oxazole rings is 1. The Bertz CT molecular complexity index is 747. The van der Waals surface area contributed by atoms with Gasteiger partial charge in [-0.1, -0.05) is 31.9 Å². The maximum absolute atomic E-state index is 12.3. The largest absolute Gasteiger partial charge is 0.420 e. The van der Waals surface area contributed by atoms with Crippen molar-refractivity contribution in [1.29, 1.82) is 0 Å². The Hall–Kier alpha value is -1.55. The quantitative estimate of drug-likeness (QED) is 0.815. The topological polar surface area (TPSA) is 38.4 Å². The van der Waals surface area contributed by atoms with Gasteiger partial charge in [0.25, 0.3) is 0 Å². The van der Waals surface area contributed by atoms with E-state index in [1.54, 1.807) is 0 Å². The third-order valence-electron chi connectivity index (χ3n) is 6.41. The van der Waals surface area contributed by atoms with Gasteiger partial charge in [0, 0.05) is 25.2 Å². The first-order valence-corrected chi connectivity index (χ1v) is 10.1. The van der Waals surface area contributed by atoms with Crippen LogP contribution in [0.15, 0.2) is 33.5 Å². The van der Waals surface area contributed by atoms with Gasteiger partial charge < -0.3 is 9.32 Å². The fourth-order valence-corrected chi connectivity index (χ4v) is 5.05. The van der Waals surface area contributed by atoms with Crippen LogP contribution in [0.1, 0.15) is 64.3 Å². The first-order chi connectivity index (χ1) is 12.3. The molecule has 0 spiro atoms. The molecule has 2 aliphatic rings. The zero-order valence-electron chi connectivity index (χ0n) is 15.3. The highest BCUT2D eigenvalue weighted by molar-refractivity contribution is 5.72. The molecule has 0 N–H and O–H groups in total. The van der Waals surface area contributed by atoms with Gasteiger partial charge in [0.15, 0.2) is 5.58 Å². The number of hydrogen-bond acceptors (Lipinski definition) is 3. The standard InChI is InChI=1S/C21H30N2O2/c1-2-5-16-8-10-17(11-9-16)22-14-12-18(13-15-22)23-19-6-3-4-7-20(19)25-21(23)24/h3-4,6-7,16-18H,2,5,8-15H2,1H3. The van der Waals surface area contributed by atoms with Crippen LogP contribution in [0.3, 0.4) is 0 Å². The molecular weight excluding hydrogens is 312 g/mol. The van der Waals surface area contributed by atoms with Crippen molar-refractivity contribution in [2.45, 2.75) is 70.4 Å². The molecular formula is C21H30N2O2. The van der Waals surface area contributed by atoms with Crippen LogP contribution in [0.4, 0.5) is 0 Å². The van der Waals surface area contributed by atoms with Crippen LogP contribution < -0.4 is 5.76 Å². The molecule has 4 rings (SSSR count). The average molecular weight is 342 g/mol. The van der Waals surface area contributed by atoms with E-state index in [2.05, 4.69) is 11.8 Å². The maximum atomic E-state index is 12.3. The number of likely N-dealkylation sites (tertiary alicyclic amines) is 1. The minimum atomic E-state index is -0.195. The van der Waals surface area contributed by atoms with E-state index < -0.39 is 0 Å². The van der Waals surface area contributed by atoms with Crippen molar-refractivity contribution in [2.75, 3.05) is 13.1 Å². The molecule has 0 bridgehead atoms. The second-order valence-corrected chi connectivity index (χ2v) is 7.94. The lowest BCUT2D eigenvalue weighted by molar-refractivity contribution is 0.0942. The number of para-hydroxylation sites is 2. The number of rotatable bonds is 4. The van der Waals surface area contributed by atoms with E-state index in [0.717, 1.165) is 43.4 Å². The van der Waals surface area contributed by atoms with E-state index in [4.69, 9.17) is 4.42 Å². The van der Waals surface area contributed by atoms with Crippen molar-refractivity contribution in [3.63, 3.8) is 0 Å². The molecule has 1 saturated heterocycles. The van der Waals surface area contributed by atoms with Gasteiger partial charge >= 0.3 is 5.76 Å². The van der Waals surface area contributed by atoms with Crippen LogP contribution in [0.25, 0.3) is 11.1 Å². The summed E-state index contributed by atoms with van der Waals surface area (Å²) >= 11 is 0. The molecule has 25 heavy (non-hydrogen) atoms. The molecule has 4 heteroatoms. The lowest BCUT2D eigenvalue weighted by atomic mass is 9.82. The monoisotopic (exact) mass is 342 g/mol. The molecule has 2 aromatic rings. The molecule has 1 aliphatic carbocycles. The zero-order chi connectivity index (χ0) is 17.2. The SMILES string of the molecule is CCCC1CCC(N2CCC(n3c(=O)oc4ccccc43)CC2)CC1. The van der Waals surface area contributed by atoms with Crippen LogP contribution in [0, 0.1) is 5.92 Å². The number of benzene rings is 1. The third kappa shape index (κ3) is 3.41. The van der Waals surface area contributed by atoms with Crippen LogP contribution >= 0.6 is 0 Å². The van der Waals surface area contributed by atoms with E-state index in [1.165, 1.54) is 38.5 Å². The molecule has 2 fully saturated rings. The van der Waals surface area contributed by atoms with Gasteiger partial charge in [-0.3, -0.25) is 4.57 Å². The summed E-state index contributed by atoms with van der Waals surface area (Å²) in [7, 11) is 0. The van der Waals surface area contributed by atoms with Gasteiger partial charge in [0.05, 0.1) is 5.52 Å². The molecule has 1 aliphatic heterocycles. The van der Waals surface area contributed by atoms with E-state index in [1.807, 2.05) is 28.8 Å². The third-order valence-corrected chi connectivity index (χ3v) is 6.41. The molecule has 0 amide bonds. The Morgan fingerprint density at radius 1 is 1.00 bits per heavy atom. The van der Waals surface area contributed by atoms with Gasteiger partial charge in [-0.05, 0) is 56.6 Å². The smallest absolute Gasteiger partial charge is 0.408 e. The fraction of sp³-hybridized carbons (Fsp3) is 0.667. The van der Waals surface area contributed by atoms with E-state index >= 15 is 0 Å². The van der Waals surface area contributed by atoms with E-state index in [9.17, 15) is 4.79 Å². The normalized spacial score (nSPS) is 26.3. The van der Waals surface area contributed by atoms with Crippen molar-refractivity contribution >= 4 is 11.1 Å². The van der Waals surface area contributed by atoms with Gasteiger partial charge in [0.1, 0.15) is 0 Å². The van der Waals surface area contributed by atoms with Crippen LogP contribution in [-0.4, -0.2) is 28.6 Å². The first-order valence-electron chi connectivity index (χ1n) is 10.1. The summed E-state index contributed by atoms with van der Waals surface area (Å²) in [5.41, 5.74) is 1.66. The van der Waals surface area contributed by atoms with Gasteiger partial charge in [-0.15, -0.1) is 0 Å². The van der Waals surface area contributed by atoms with Crippen molar-refractivity contribution in [1.82, 2.24) is 9.47 Å². The molecule has 4 nitrogen and oxygen atoms in total. The Labute approximate surface area is 149 Å². The Morgan fingerprint density at radius 3 is 2.44 bits per heavy atom. The predicted octanol–water partition coefficient (Wildman–Crippen LogP) is 4.59. The molecule has 2 heterocycles. The molecule has 1 saturated carbocycles. The molecule has 1 aromatic heterocycles. The summed E-state index contributed by atoms with van der Waals surface area (Å²) in [5.74, 6) is 0.773. The summed E-state index contributed by atoms with van der Waals surface area (Å²) in [6.07, 6.45) is 10.4. The molecule has 0 radical (unpaired) electrons. The number of fused-ring (bicyclic) bond motifs is 1. The minimum Gasteiger partial charge on any atom is -0.408 e. The number of aromatic nitrogens is 1. The summed E-state index contributed by atoms with van der Waals surface area (Å²) in [6.45, 7) is 4.53. The summed E-state index contributed by atoms with van der Waals surface area (Å²) in [4.78, 5) is 15.0. The average Bonchev–Trinajstić information content (AvgIpc) is 2.98. The fourth-order valence-electron chi connectivity index (χ4n) is 5.05. The molecule has 0 unspecified atom stereocenters. The minimum absolute atomic E-state index is 0.195. The van der Waals surface area contributed by atoms with Crippen molar-refractivity contribution in [3.8, 4) is 0 Å². The summed E-state index contributed by atoms with van der Waals surface area (Å²) in [6, 6.07) is 8.85. The number of hydrogen-bond donors (Lipinski definition) is 0. The maximum Gasteiger partial charge on any atom is 0.420 e. The highest BCUT2D eigenvalue weighted by Crippen LogP contribution is 2.33. The van der Waals surface area contributed by atoms with Crippen molar-refractivity contribution < 1.29 is 4.42 Å². The van der Waals surface area contributed by atoms with Crippen LogP contribution in [0.2, 0.25) is 0 Å². The van der Waals surface area contributed by atoms with Crippen LogP contribution in [-0.2, 0) is 0 Å². The second kappa shape index (κ2) is 7.36. The lowest BCUT2D eigenvalue weighted by Gasteiger charge is -2.41. The molecule has 1 aromatic carbocycles. The predicted molar refractivity (Wildman–Crippen MR) is 101 cm³/mol. The first kappa shape index (κ1) is 16.9. The van der Waals surface area contributed by atoms with Gasteiger partial charge in [0.2, 0.25) is 0 Å².